The summed E-state index contributed by atoms with van der Waals surface area (Å²) in [5.41, 5.74) is -1.16. The summed E-state index contributed by atoms with van der Waals surface area (Å²) >= 11 is 0. The van der Waals surface area contributed by atoms with Gasteiger partial charge in [-0.2, -0.15) is 22.0 Å². The number of nitrogens with zero attached hydrogens (tertiary/aromatic N) is 3. The molecular formula is C24H20F5N3O3. The van der Waals surface area contributed by atoms with Gasteiger partial charge in [-0.3, -0.25) is 14.8 Å². The molecule has 1 amide bonds. The van der Waals surface area contributed by atoms with Crippen molar-refractivity contribution in [3.8, 4) is 17.0 Å². The summed E-state index contributed by atoms with van der Waals surface area (Å²) in [6, 6.07) is 7.88. The fraction of sp³-hybridized carbons (Fsp3) is 0.292. The molecule has 3 aromatic rings. The van der Waals surface area contributed by atoms with Gasteiger partial charge in [0.2, 0.25) is 0 Å². The van der Waals surface area contributed by atoms with Gasteiger partial charge in [-0.15, -0.1) is 0 Å². The Morgan fingerprint density at radius 3 is 2.29 bits per heavy atom. The van der Waals surface area contributed by atoms with E-state index >= 15 is 0 Å². The maximum Gasteiger partial charge on any atom is 0.422 e. The van der Waals surface area contributed by atoms with E-state index in [0.717, 1.165) is 32.2 Å². The number of aromatic nitrogens is 2. The molecule has 0 atom stereocenters. The summed E-state index contributed by atoms with van der Waals surface area (Å²) in [7, 11) is 0. The van der Waals surface area contributed by atoms with Gasteiger partial charge in [0.25, 0.3) is 5.91 Å². The third-order valence-electron chi connectivity index (χ3n) is 5.59. The predicted octanol–water partition coefficient (Wildman–Crippen LogP) is 5.11. The third kappa shape index (κ3) is 4.68. The number of amides is 1. The minimum absolute atomic E-state index is 0.0135. The maximum absolute atomic E-state index is 14.5. The number of ether oxygens (including phenoxy) is 1. The van der Waals surface area contributed by atoms with Crippen LogP contribution in [-0.2, 0) is 12.5 Å². The van der Waals surface area contributed by atoms with E-state index in [2.05, 4.69) is 9.97 Å². The lowest BCUT2D eigenvalue weighted by atomic mass is 9.93. The summed E-state index contributed by atoms with van der Waals surface area (Å²) in [4.78, 5) is 22.5. The molecule has 0 bridgehead atoms. The average Bonchev–Trinajstić information content (AvgIpc) is 3.13. The van der Waals surface area contributed by atoms with Crippen LogP contribution in [0.1, 0.15) is 35.3 Å². The Balaban J connectivity index is 1.66. The SMILES string of the molecule is CC(C)(O)C(F)(F)c1ccc(N2Cc3c(ccnc3-c3ccncc3OCC(F)(F)F)C2=O)cc1. The third-order valence-corrected chi connectivity index (χ3v) is 5.59. The number of benzene rings is 1. The molecule has 0 saturated carbocycles. The van der Waals surface area contributed by atoms with E-state index in [1.54, 1.807) is 0 Å². The van der Waals surface area contributed by atoms with E-state index in [1.807, 2.05) is 0 Å². The number of anilines is 1. The number of fused-ring (bicyclic) bond motifs is 1. The normalized spacial score (nSPS) is 14.3. The van der Waals surface area contributed by atoms with Crippen LogP contribution in [0, 0.1) is 0 Å². The Bertz CT molecular complexity index is 1250. The number of hydrogen-bond acceptors (Lipinski definition) is 5. The van der Waals surface area contributed by atoms with E-state index < -0.39 is 35.8 Å². The molecule has 0 unspecified atom stereocenters. The molecular weight excluding hydrogens is 473 g/mol. The number of carbonyl (C=O) groups excluding carboxylic acids is 1. The van der Waals surface area contributed by atoms with Crippen molar-refractivity contribution in [2.24, 2.45) is 0 Å². The minimum Gasteiger partial charge on any atom is -0.482 e. The molecule has 11 heteroatoms. The minimum atomic E-state index is -4.56. The van der Waals surface area contributed by atoms with Crippen LogP contribution in [0.3, 0.4) is 0 Å². The second kappa shape index (κ2) is 8.56. The first-order chi connectivity index (χ1) is 16.3. The molecule has 2 aromatic heterocycles. The number of hydrogen-bond donors (Lipinski definition) is 1. The number of aliphatic hydroxyl groups is 1. The van der Waals surface area contributed by atoms with E-state index in [0.29, 0.717) is 11.3 Å². The molecule has 0 fully saturated rings. The Labute approximate surface area is 197 Å². The number of pyridine rings is 2. The van der Waals surface area contributed by atoms with Crippen molar-refractivity contribution < 1.29 is 36.6 Å². The lowest BCUT2D eigenvalue weighted by molar-refractivity contribution is -0.168. The van der Waals surface area contributed by atoms with E-state index in [9.17, 15) is 31.9 Å². The van der Waals surface area contributed by atoms with Gasteiger partial charge in [-0.05, 0) is 38.1 Å². The first kappa shape index (κ1) is 24.5. The van der Waals surface area contributed by atoms with Crippen LogP contribution in [0.5, 0.6) is 5.75 Å². The molecule has 0 aliphatic carbocycles. The van der Waals surface area contributed by atoms with E-state index in [-0.39, 0.29) is 29.1 Å². The largest absolute Gasteiger partial charge is 0.482 e. The molecule has 1 aliphatic rings. The van der Waals surface area contributed by atoms with Crippen LogP contribution >= 0.6 is 0 Å². The molecule has 0 saturated heterocycles. The van der Waals surface area contributed by atoms with Crippen molar-refractivity contribution in [3.05, 3.63) is 71.7 Å². The highest BCUT2D eigenvalue weighted by atomic mass is 19.4. The van der Waals surface area contributed by atoms with Crippen molar-refractivity contribution in [2.45, 2.75) is 38.1 Å². The van der Waals surface area contributed by atoms with Crippen molar-refractivity contribution >= 4 is 11.6 Å². The van der Waals surface area contributed by atoms with Gasteiger partial charge in [0.1, 0.15) is 11.4 Å². The van der Waals surface area contributed by atoms with E-state index in [1.165, 1.54) is 41.6 Å². The molecule has 3 heterocycles. The quantitative estimate of drug-likeness (QED) is 0.483. The number of halogens is 5. The molecule has 0 spiro atoms. The van der Waals surface area contributed by atoms with Gasteiger partial charge in [0.15, 0.2) is 6.61 Å². The summed E-state index contributed by atoms with van der Waals surface area (Å²) in [5.74, 6) is -4.08. The molecule has 184 valence electrons. The van der Waals surface area contributed by atoms with Gasteiger partial charge in [0.05, 0.1) is 18.4 Å². The Hall–Kier alpha value is -3.60. The first-order valence-electron chi connectivity index (χ1n) is 10.4. The first-order valence-corrected chi connectivity index (χ1v) is 10.4. The van der Waals surface area contributed by atoms with Crippen LogP contribution in [0.4, 0.5) is 27.6 Å². The van der Waals surface area contributed by atoms with Gasteiger partial charge in [-0.1, -0.05) is 12.1 Å². The molecule has 0 radical (unpaired) electrons. The molecule has 6 nitrogen and oxygen atoms in total. The molecule has 4 rings (SSSR count). The molecule has 1 aliphatic heterocycles. The highest BCUT2D eigenvalue weighted by Crippen LogP contribution is 2.41. The summed E-state index contributed by atoms with van der Waals surface area (Å²) in [6.07, 6.45) is -0.693. The zero-order chi connectivity index (χ0) is 25.6. The van der Waals surface area contributed by atoms with Crippen LogP contribution in [0.25, 0.3) is 11.3 Å². The fourth-order valence-corrected chi connectivity index (χ4v) is 3.72. The number of carbonyl (C=O) groups is 1. The molecule has 1 N–H and O–H groups in total. The monoisotopic (exact) mass is 493 g/mol. The smallest absolute Gasteiger partial charge is 0.422 e. The second-order valence-electron chi connectivity index (χ2n) is 8.53. The van der Waals surface area contributed by atoms with Crippen molar-refractivity contribution in [2.75, 3.05) is 11.5 Å². The lowest BCUT2D eigenvalue weighted by Gasteiger charge is -2.29. The van der Waals surface area contributed by atoms with E-state index in [4.69, 9.17) is 4.74 Å². The second-order valence-corrected chi connectivity index (χ2v) is 8.53. The zero-order valence-corrected chi connectivity index (χ0v) is 18.6. The lowest BCUT2D eigenvalue weighted by Crippen LogP contribution is -2.40. The Morgan fingerprint density at radius 2 is 1.66 bits per heavy atom. The number of alkyl halides is 5. The van der Waals surface area contributed by atoms with Crippen LogP contribution in [0.15, 0.2) is 55.0 Å². The standard InChI is InChI=1S/C24H20F5N3O3/c1-22(2,34)24(28,29)14-3-5-15(6-4-14)32-12-18-16(21(32)33)8-10-31-20(18)17-7-9-30-11-19(17)35-13-23(25,26)27/h3-11,34H,12-13H2,1-2H3. The highest BCUT2D eigenvalue weighted by molar-refractivity contribution is 6.11. The van der Waals surface area contributed by atoms with Gasteiger partial charge in [0, 0.05) is 40.3 Å². The Kier molecular flexibility index (Phi) is 6.00. The van der Waals surface area contributed by atoms with Crippen molar-refractivity contribution in [3.63, 3.8) is 0 Å². The van der Waals surface area contributed by atoms with Gasteiger partial charge >= 0.3 is 12.1 Å². The molecule has 35 heavy (non-hydrogen) atoms. The fourth-order valence-electron chi connectivity index (χ4n) is 3.72. The maximum atomic E-state index is 14.5. The summed E-state index contributed by atoms with van der Waals surface area (Å²) in [6.45, 7) is 0.497. The Morgan fingerprint density at radius 1 is 1.00 bits per heavy atom. The van der Waals surface area contributed by atoms with Crippen molar-refractivity contribution in [1.82, 2.24) is 9.97 Å². The predicted molar refractivity (Wildman–Crippen MR) is 116 cm³/mol. The average molecular weight is 493 g/mol. The summed E-state index contributed by atoms with van der Waals surface area (Å²) < 4.78 is 71.9. The zero-order valence-electron chi connectivity index (χ0n) is 18.6. The highest BCUT2D eigenvalue weighted by Gasteiger charge is 2.47. The topological polar surface area (TPSA) is 75.6 Å². The van der Waals surface area contributed by atoms with Gasteiger partial charge < -0.3 is 14.7 Å². The summed E-state index contributed by atoms with van der Waals surface area (Å²) in [5, 5.41) is 9.79. The molecule has 1 aromatic carbocycles. The van der Waals surface area contributed by atoms with Gasteiger partial charge in [-0.25, -0.2) is 0 Å². The van der Waals surface area contributed by atoms with Crippen LogP contribution in [-0.4, -0.2) is 39.4 Å². The van der Waals surface area contributed by atoms with Crippen LogP contribution in [0.2, 0.25) is 0 Å². The number of rotatable bonds is 6. The van der Waals surface area contributed by atoms with Crippen LogP contribution < -0.4 is 9.64 Å². The van der Waals surface area contributed by atoms with Crippen molar-refractivity contribution in [1.29, 1.82) is 0 Å².